The number of ether oxygens (including phenoxy) is 1. The summed E-state index contributed by atoms with van der Waals surface area (Å²) in [5.74, 6) is -0.0571. The monoisotopic (exact) mass is 458 g/mol. The fraction of sp³-hybridized carbons (Fsp3) is 0.154. The number of carbonyl (C=O) groups excluding carboxylic acids is 1. The zero-order valence-electron chi connectivity index (χ0n) is 18.8. The predicted molar refractivity (Wildman–Crippen MR) is 125 cm³/mol. The van der Waals surface area contributed by atoms with Crippen LogP contribution in [0, 0.1) is 6.92 Å². The lowest BCUT2D eigenvalue weighted by Crippen LogP contribution is -2.37. The van der Waals surface area contributed by atoms with E-state index in [0.29, 0.717) is 17.3 Å². The normalized spacial score (nSPS) is 11.6. The van der Waals surface area contributed by atoms with Crippen molar-refractivity contribution in [1.82, 2.24) is 5.27 Å². The van der Waals surface area contributed by atoms with Gasteiger partial charge in [0.15, 0.2) is 5.69 Å². The van der Waals surface area contributed by atoms with Crippen molar-refractivity contribution in [2.45, 2.75) is 26.4 Å². The Balaban J connectivity index is 1.48. The number of aryl methyl sites for hydroxylation is 1. The van der Waals surface area contributed by atoms with Crippen molar-refractivity contribution in [3.63, 3.8) is 0 Å². The predicted octanol–water partition coefficient (Wildman–Crippen LogP) is 4.86. The third kappa shape index (κ3) is 5.29. The summed E-state index contributed by atoms with van der Waals surface area (Å²) in [5.41, 5.74) is 4.23. The minimum absolute atomic E-state index is 0.0102. The van der Waals surface area contributed by atoms with E-state index in [9.17, 15) is 9.59 Å². The molecule has 0 radical (unpaired) electrons. The second-order valence-electron chi connectivity index (χ2n) is 7.79. The number of hydrogen-bond acceptors (Lipinski definition) is 5. The molecule has 8 nitrogen and oxygen atoms in total. The van der Waals surface area contributed by atoms with Crippen LogP contribution < -0.4 is 10.00 Å². The molecule has 0 aliphatic carbocycles. The van der Waals surface area contributed by atoms with Gasteiger partial charge in [0.25, 0.3) is 0 Å². The van der Waals surface area contributed by atoms with Gasteiger partial charge in [-0.15, -0.1) is 0 Å². The number of aliphatic carboxylic acids is 1. The molecule has 0 aliphatic heterocycles. The van der Waals surface area contributed by atoms with E-state index >= 15 is 0 Å². The lowest BCUT2D eigenvalue weighted by atomic mass is 10.0. The molecular weight excluding hydrogens is 434 g/mol. The summed E-state index contributed by atoms with van der Waals surface area (Å²) >= 11 is 0. The van der Waals surface area contributed by atoms with Crippen LogP contribution in [0.4, 0.5) is 10.6 Å². The van der Waals surface area contributed by atoms with Crippen molar-refractivity contribution in [3.8, 4) is 16.8 Å². The van der Waals surface area contributed by atoms with Crippen LogP contribution in [-0.2, 0) is 16.0 Å². The van der Waals surface area contributed by atoms with Crippen LogP contribution in [0.25, 0.3) is 16.8 Å². The summed E-state index contributed by atoms with van der Waals surface area (Å²) < 4.78 is 12.3. The highest BCUT2D eigenvalue weighted by molar-refractivity contribution is 5.83. The maximum atomic E-state index is 12.5. The second-order valence-corrected chi connectivity index (χ2v) is 7.79. The van der Waals surface area contributed by atoms with Gasteiger partial charge in [0, 0.05) is 6.92 Å². The van der Waals surface area contributed by atoms with Crippen LogP contribution >= 0.6 is 0 Å². The molecule has 3 aromatic carbocycles. The molecule has 1 heterocycles. The molecule has 1 unspecified atom stereocenters. The lowest BCUT2D eigenvalue weighted by Gasteiger charge is -2.11. The molecule has 4 aromatic rings. The minimum atomic E-state index is -0.861. The van der Waals surface area contributed by atoms with Crippen molar-refractivity contribution >= 4 is 17.9 Å². The highest BCUT2D eigenvalue weighted by Crippen LogP contribution is 2.22. The number of carbonyl (C=O) groups is 2. The molecule has 0 bridgehead atoms. The van der Waals surface area contributed by atoms with E-state index in [1.807, 2.05) is 66.7 Å². The summed E-state index contributed by atoms with van der Waals surface area (Å²) in [7, 11) is 0. The van der Waals surface area contributed by atoms with Crippen molar-refractivity contribution in [2.24, 2.45) is 0 Å². The molecule has 4 rings (SSSR count). The second kappa shape index (κ2) is 9.99. The van der Waals surface area contributed by atoms with Crippen molar-refractivity contribution in [1.29, 1.82) is 0 Å². The van der Waals surface area contributed by atoms with Crippen LogP contribution in [-0.4, -0.2) is 22.4 Å². The Kier molecular flexibility index (Phi) is 6.68. The summed E-state index contributed by atoms with van der Waals surface area (Å²) in [5, 5.41) is 15.7. The first-order valence-electron chi connectivity index (χ1n) is 10.7. The van der Waals surface area contributed by atoms with Crippen molar-refractivity contribution in [2.75, 3.05) is 5.32 Å². The Labute approximate surface area is 196 Å². The molecule has 0 aliphatic rings. The highest BCUT2D eigenvalue weighted by atomic mass is 16.6. The summed E-state index contributed by atoms with van der Waals surface area (Å²) in [6.07, 6.45) is -1.05. The molecule has 0 saturated carbocycles. The summed E-state index contributed by atoms with van der Waals surface area (Å²) in [4.78, 5) is 23.4. The molecule has 172 valence electrons. The standard InChI is InChI=1S/C26H23N3O5/c1-17(20-6-4-3-5-7-20)33-26(32)27-25-18(2)34-28-29(25)23-14-12-22(13-15-23)21-10-8-19(9-11-21)16-24(30)31/h3-15,17H,16H2,1-2H3,(H-,27,30,31,32)/p+1. The number of aromatic nitrogens is 2. The molecule has 0 spiro atoms. The molecule has 1 atom stereocenters. The topological polar surface area (TPSA) is 106 Å². The molecule has 1 aromatic heterocycles. The molecule has 8 heteroatoms. The van der Waals surface area contributed by atoms with Gasteiger partial charge in [-0.05, 0) is 41.3 Å². The van der Waals surface area contributed by atoms with Crippen molar-refractivity contribution in [3.05, 3.63) is 95.7 Å². The number of carboxylic acid groups (broad SMARTS) is 1. The molecule has 0 saturated heterocycles. The van der Waals surface area contributed by atoms with Crippen LogP contribution in [0.5, 0.6) is 0 Å². The first-order chi connectivity index (χ1) is 16.4. The Bertz CT molecular complexity index is 1280. The van der Waals surface area contributed by atoms with Gasteiger partial charge in [-0.1, -0.05) is 71.4 Å². The Morgan fingerprint density at radius 1 is 1.00 bits per heavy atom. The van der Waals surface area contributed by atoms with E-state index in [4.69, 9.17) is 14.4 Å². The number of hydrogen-bond donors (Lipinski definition) is 2. The zero-order valence-corrected chi connectivity index (χ0v) is 18.8. The first kappa shape index (κ1) is 22.7. The lowest BCUT2D eigenvalue weighted by molar-refractivity contribution is -0.657. The number of anilines is 1. The number of rotatable bonds is 7. The molecular formula is C26H24N3O5+. The first-order valence-corrected chi connectivity index (χ1v) is 10.7. The average molecular weight is 458 g/mol. The maximum absolute atomic E-state index is 12.5. The van der Waals surface area contributed by atoms with E-state index in [1.54, 1.807) is 26.0 Å². The number of carboxylic acids is 1. The van der Waals surface area contributed by atoms with Gasteiger partial charge in [-0.3, -0.25) is 4.79 Å². The largest absolute Gasteiger partial charge is 0.505 e. The molecule has 1 amide bonds. The Morgan fingerprint density at radius 3 is 2.24 bits per heavy atom. The van der Waals surface area contributed by atoms with E-state index in [-0.39, 0.29) is 6.42 Å². The van der Waals surface area contributed by atoms with Gasteiger partial charge in [-0.2, -0.15) is 10.1 Å². The Hall–Kier alpha value is -4.46. The van der Waals surface area contributed by atoms with Gasteiger partial charge < -0.3 is 14.4 Å². The highest BCUT2D eigenvalue weighted by Gasteiger charge is 2.27. The van der Waals surface area contributed by atoms with Gasteiger partial charge >= 0.3 is 17.9 Å². The Morgan fingerprint density at radius 2 is 1.62 bits per heavy atom. The quantitative estimate of drug-likeness (QED) is 0.383. The minimum Gasteiger partial charge on any atom is -0.481 e. The number of amides is 1. The van der Waals surface area contributed by atoms with E-state index in [1.165, 1.54) is 4.68 Å². The fourth-order valence-electron chi connectivity index (χ4n) is 3.52. The molecule has 34 heavy (non-hydrogen) atoms. The maximum Gasteiger partial charge on any atom is 0.505 e. The van der Waals surface area contributed by atoms with E-state index < -0.39 is 18.2 Å². The van der Waals surface area contributed by atoms with Crippen LogP contribution in [0.15, 0.2) is 83.4 Å². The summed E-state index contributed by atoms with van der Waals surface area (Å²) in [6.45, 7) is 3.50. The van der Waals surface area contributed by atoms with Crippen LogP contribution in [0.2, 0.25) is 0 Å². The number of nitrogens with one attached hydrogen (secondary N) is 1. The zero-order chi connectivity index (χ0) is 24.1. The van der Waals surface area contributed by atoms with Crippen molar-refractivity contribution < 1.29 is 28.6 Å². The van der Waals surface area contributed by atoms with Crippen LogP contribution in [0.3, 0.4) is 0 Å². The summed E-state index contributed by atoms with van der Waals surface area (Å²) in [6, 6.07) is 24.4. The average Bonchev–Trinajstić information content (AvgIpc) is 3.19. The smallest absolute Gasteiger partial charge is 0.481 e. The van der Waals surface area contributed by atoms with Gasteiger partial charge in [0.1, 0.15) is 11.4 Å². The number of nitrogens with zero attached hydrogens (tertiary/aromatic N) is 2. The van der Waals surface area contributed by atoms with Gasteiger partial charge in [0.2, 0.25) is 5.76 Å². The molecule has 2 N–H and O–H groups in total. The van der Waals surface area contributed by atoms with Crippen LogP contribution in [0.1, 0.15) is 29.9 Å². The fourth-order valence-corrected chi connectivity index (χ4v) is 3.52. The molecule has 0 fully saturated rings. The number of benzene rings is 3. The van der Waals surface area contributed by atoms with Gasteiger partial charge in [0.05, 0.1) is 6.42 Å². The SMILES string of the molecule is Cc1on[n+](-c2ccc(-c3ccc(CC(=O)O)cc3)cc2)c1NC(=O)OC(C)c1ccccc1. The van der Waals surface area contributed by atoms with E-state index in [2.05, 4.69) is 10.6 Å². The third-order valence-electron chi connectivity index (χ3n) is 5.33. The van der Waals surface area contributed by atoms with E-state index in [0.717, 1.165) is 22.3 Å². The third-order valence-corrected chi connectivity index (χ3v) is 5.33. The van der Waals surface area contributed by atoms with Gasteiger partial charge in [-0.25, -0.2) is 0 Å².